The maximum absolute atomic E-state index is 14.5. The van der Waals surface area contributed by atoms with Crippen molar-refractivity contribution in [2.75, 3.05) is 0 Å². The molecule has 1 amide bonds. The highest BCUT2D eigenvalue weighted by Crippen LogP contribution is 2.77. The zero-order chi connectivity index (χ0) is 39.9. The largest absolute Gasteiger partial charge is 0.481 e. The van der Waals surface area contributed by atoms with Crippen LogP contribution < -0.4 is 5.32 Å². The van der Waals surface area contributed by atoms with Gasteiger partial charge < -0.3 is 15.2 Å². The number of benzene rings is 1. The molecule has 2 N–H and O–H groups in total. The van der Waals surface area contributed by atoms with Crippen LogP contribution >= 0.6 is 0 Å². The number of nitrogens with one attached hydrogen (secondary N) is 1. The molecule has 300 valence electrons. The number of allylic oxidation sites excluding steroid dienone is 1. The SMILES string of the molecule is C=C(C)[C@@H]1CC[C@]2(C(=O)NCc3ccc(C(F)(F)F)cc3)CC[C@]3(C)[C@H](CC[C@@H]4[C@@]5(C)CC[C@H](OC(=O)CC(C)(C)CC(=O)O)C(C)(C)[C@@H]5CC[C@]43C)[C@@H]12. The molecule has 1 aromatic rings. The van der Waals surface area contributed by atoms with E-state index < -0.39 is 28.5 Å². The van der Waals surface area contributed by atoms with E-state index in [1.165, 1.54) is 12.1 Å². The predicted octanol–water partition coefficient (Wildman–Crippen LogP) is 10.8. The van der Waals surface area contributed by atoms with Crippen LogP contribution in [-0.4, -0.2) is 29.1 Å². The molecule has 54 heavy (non-hydrogen) atoms. The second kappa shape index (κ2) is 13.7. The van der Waals surface area contributed by atoms with Gasteiger partial charge in [0.15, 0.2) is 0 Å². The van der Waals surface area contributed by atoms with Gasteiger partial charge in [-0.25, -0.2) is 0 Å². The van der Waals surface area contributed by atoms with Crippen molar-refractivity contribution in [1.82, 2.24) is 5.32 Å². The fourth-order valence-electron chi connectivity index (χ4n) is 14.0. The minimum atomic E-state index is -4.40. The first-order chi connectivity index (χ1) is 24.9. The van der Waals surface area contributed by atoms with Crippen molar-refractivity contribution < 1.29 is 37.4 Å². The molecular weight excluding hydrogens is 691 g/mol. The number of halogens is 3. The Morgan fingerprint density at radius 2 is 1.52 bits per heavy atom. The standard InChI is InChI=1S/C45H64F3NO5/c1-27(2)30-16-21-44(38(53)49-26-28-10-12-29(13-11-28)45(46,47)48)23-22-42(8)31(37(30)44)14-15-33-41(7)19-18-34(40(5,6)32(41)17-20-43(33,42)9)54-36(52)25-39(3,4)24-35(50)51/h10-13,30-34,37H,1,14-26H2,2-9H3,(H,49,53)(H,50,51)/t30-,31+,32-,33+,34-,37+,41-,42+,43+,44-/m0/s1. The van der Waals surface area contributed by atoms with E-state index in [-0.39, 0.29) is 70.9 Å². The number of carboxylic acids is 1. The van der Waals surface area contributed by atoms with Crippen LogP contribution in [0.3, 0.4) is 0 Å². The highest BCUT2D eigenvalue weighted by Gasteiger charge is 2.72. The van der Waals surface area contributed by atoms with Gasteiger partial charge in [-0.1, -0.05) is 72.8 Å². The van der Waals surface area contributed by atoms with Crippen LogP contribution in [0.2, 0.25) is 0 Å². The van der Waals surface area contributed by atoms with Crippen LogP contribution in [0.5, 0.6) is 0 Å². The highest BCUT2D eigenvalue weighted by molar-refractivity contribution is 5.84. The summed E-state index contributed by atoms with van der Waals surface area (Å²) >= 11 is 0. The molecule has 0 radical (unpaired) electrons. The Morgan fingerprint density at radius 3 is 2.13 bits per heavy atom. The normalized spacial score (nSPS) is 38.6. The number of fused-ring (bicyclic) bond motifs is 7. The summed E-state index contributed by atoms with van der Waals surface area (Å²) in [5, 5.41) is 12.5. The molecule has 5 fully saturated rings. The lowest BCUT2D eigenvalue weighted by molar-refractivity contribution is -0.249. The van der Waals surface area contributed by atoms with Gasteiger partial charge in [-0.05, 0) is 140 Å². The summed E-state index contributed by atoms with van der Waals surface area (Å²) in [5.74, 6) is 0.451. The van der Waals surface area contributed by atoms with Crippen LogP contribution in [0.15, 0.2) is 36.4 Å². The smallest absolute Gasteiger partial charge is 0.416 e. The number of hydrogen-bond acceptors (Lipinski definition) is 4. The molecule has 10 atom stereocenters. The van der Waals surface area contributed by atoms with Crippen molar-refractivity contribution in [3.63, 3.8) is 0 Å². The van der Waals surface area contributed by atoms with Gasteiger partial charge in [0.25, 0.3) is 0 Å². The van der Waals surface area contributed by atoms with Gasteiger partial charge in [0.2, 0.25) is 5.91 Å². The molecule has 9 heteroatoms. The van der Waals surface area contributed by atoms with Crippen LogP contribution in [0.1, 0.15) is 144 Å². The fourth-order valence-corrected chi connectivity index (χ4v) is 14.0. The van der Waals surface area contributed by atoms with E-state index >= 15 is 0 Å². The molecule has 0 spiro atoms. The third-order valence-corrected chi connectivity index (χ3v) is 16.7. The molecule has 0 saturated heterocycles. The van der Waals surface area contributed by atoms with E-state index in [1.807, 2.05) is 0 Å². The topological polar surface area (TPSA) is 92.7 Å². The molecular formula is C45H64F3NO5. The highest BCUT2D eigenvalue weighted by atomic mass is 19.4. The van der Waals surface area contributed by atoms with Crippen molar-refractivity contribution in [2.45, 2.75) is 151 Å². The van der Waals surface area contributed by atoms with Crippen molar-refractivity contribution in [3.05, 3.63) is 47.5 Å². The lowest BCUT2D eigenvalue weighted by atomic mass is 9.32. The van der Waals surface area contributed by atoms with E-state index in [0.29, 0.717) is 23.3 Å². The van der Waals surface area contributed by atoms with Gasteiger partial charge in [-0.2, -0.15) is 13.2 Å². The molecule has 0 aromatic heterocycles. The maximum atomic E-state index is 14.5. The van der Waals surface area contributed by atoms with Crippen molar-refractivity contribution in [1.29, 1.82) is 0 Å². The Balaban J connectivity index is 1.22. The summed E-state index contributed by atoms with van der Waals surface area (Å²) in [4.78, 5) is 39.1. The molecule has 5 saturated carbocycles. The number of hydrogen-bond donors (Lipinski definition) is 2. The van der Waals surface area contributed by atoms with Crippen molar-refractivity contribution in [2.24, 2.45) is 62.1 Å². The van der Waals surface area contributed by atoms with Crippen LogP contribution in [0, 0.1) is 62.1 Å². The Kier molecular flexibility index (Phi) is 10.3. The Morgan fingerprint density at radius 1 is 0.852 bits per heavy atom. The zero-order valence-corrected chi connectivity index (χ0v) is 33.9. The maximum Gasteiger partial charge on any atom is 0.416 e. The first kappa shape index (κ1) is 40.8. The van der Waals surface area contributed by atoms with Crippen LogP contribution in [-0.2, 0) is 31.8 Å². The van der Waals surface area contributed by atoms with Crippen molar-refractivity contribution >= 4 is 17.8 Å². The molecule has 0 heterocycles. The molecule has 6 nitrogen and oxygen atoms in total. The summed E-state index contributed by atoms with van der Waals surface area (Å²) in [6.45, 7) is 22.5. The van der Waals surface area contributed by atoms with Gasteiger partial charge in [0.1, 0.15) is 6.10 Å². The van der Waals surface area contributed by atoms with E-state index in [9.17, 15) is 32.7 Å². The van der Waals surface area contributed by atoms with E-state index in [4.69, 9.17) is 4.74 Å². The molecule has 5 aliphatic rings. The number of amides is 1. The van der Waals surface area contributed by atoms with Gasteiger partial charge in [0, 0.05) is 12.0 Å². The number of rotatable bonds is 9. The number of alkyl halides is 3. The van der Waals surface area contributed by atoms with E-state index in [2.05, 4.69) is 53.4 Å². The van der Waals surface area contributed by atoms with E-state index in [1.54, 1.807) is 13.8 Å². The number of carboxylic acid groups (broad SMARTS) is 1. The quantitative estimate of drug-likeness (QED) is 0.193. The molecule has 1 aromatic carbocycles. The summed E-state index contributed by atoms with van der Waals surface area (Å²) in [5.41, 5.74) is -0.174. The van der Waals surface area contributed by atoms with Gasteiger partial charge in [0.05, 0.1) is 23.8 Å². The van der Waals surface area contributed by atoms with Gasteiger partial charge >= 0.3 is 18.1 Å². The molecule has 0 unspecified atom stereocenters. The van der Waals surface area contributed by atoms with Gasteiger partial charge in [-0.15, -0.1) is 0 Å². The summed E-state index contributed by atoms with van der Waals surface area (Å²) < 4.78 is 45.8. The Hall–Kier alpha value is -2.84. The minimum absolute atomic E-state index is 0.0208. The molecule has 5 aliphatic carbocycles. The second-order valence-electron chi connectivity index (χ2n) is 20.5. The lowest BCUT2D eigenvalue weighted by Gasteiger charge is -2.72. The summed E-state index contributed by atoms with van der Waals surface area (Å²) in [6.07, 6.45) is 4.94. The predicted molar refractivity (Wildman–Crippen MR) is 203 cm³/mol. The van der Waals surface area contributed by atoms with Crippen LogP contribution in [0.4, 0.5) is 13.2 Å². The third kappa shape index (κ3) is 6.63. The summed E-state index contributed by atoms with van der Waals surface area (Å²) in [6, 6.07) is 5.09. The van der Waals surface area contributed by atoms with Gasteiger partial charge in [-0.3, -0.25) is 14.4 Å². The molecule has 6 rings (SSSR count). The zero-order valence-electron chi connectivity index (χ0n) is 33.9. The average molecular weight is 756 g/mol. The number of carbonyl (C=O) groups is 3. The second-order valence-corrected chi connectivity index (χ2v) is 20.5. The molecule has 0 bridgehead atoms. The fraction of sp³-hybridized carbons (Fsp3) is 0.756. The molecule has 0 aliphatic heterocycles. The van der Waals surface area contributed by atoms with E-state index in [0.717, 1.165) is 81.9 Å². The number of esters is 1. The first-order valence-corrected chi connectivity index (χ1v) is 20.4. The third-order valence-electron chi connectivity index (χ3n) is 16.7. The number of carbonyl (C=O) groups excluding carboxylic acids is 2. The van der Waals surface area contributed by atoms with Crippen LogP contribution in [0.25, 0.3) is 0 Å². The first-order valence-electron chi connectivity index (χ1n) is 20.4. The Bertz CT molecular complexity index is 1650. The minimum Gasteiger partial charge on any atom is -0.481 e. The summed E-state index contributed by atoms with van der Waals surface area (Å²) in [7, 11) is 0. The number of aliphatic carboxylic acids is 1. The average Bonchev–Trinajstić information content (AvgIpc) is 3.45. The number of ether oxygens (including phenoxy) is 1. The monoisotopic (exact) mass is 755 g/mol. The van der Waals surface area contributed by atoms with Crippen molar-refractivity contribution in [3.8, 4) is 0 Å². The lowest BCUT2D eigenvalue weighted by Crippen LogP contribution is -2.67. The Labute approximate surface area is 320 Å².